The van der Waals surface area contributed by atoms with Crippen molar-refractivity contribution in [3.05, 3.63) is 70.8 Å². The Bertz CT molecular complexity index is 1790. The molecule has 6 rings (SSSR count). The van der Waals surface area contributed by atoms with Crippen molar-refractivity contribution in [3.63, 3.8) is 0 Å². The minimum Gasteiger partial charge on any atom is -0.494 e. The molecule has 8 nitrogen and oxygen atoms in total. The smallest absolute Gasteiger partial charge is 0.424 e. The predicted molar refractivity (Wildman–Crippen MR) is 145 cm³/mol. The first-order valence-electron chi connectivity index (χ1n) is 13.6. The molecule has 232 valence electrons. The molecule has 1 aliphatic carbocycles. The van der Waals surface area contributed by atoms with Crippen molar-refractivity contribution in [1.82, 2.24) is 20.1 Å². The summed E-state index contributed by atoms with van der Waals surface area (Å²) in [5.41, 5.74) is -5.84. The second-order valence-electron chi connectivity index (χ2n) is 11.7. The number of ether oxygens (including phenoxy) is 2. The van der Waals surface area contributed by atoms with Gasteiger partial charge in [-0.15, -0.1) is 0 Å². The molecule has 1 amide bonds. The molecule has 0 spiro atoms. The molecule has 1 aliphatic heterocycles. The lowest BCUT2D eigenvalue weighted by atomic mass is 9.84. The molecule has 1 unspecified atom stereocenters. The van der Waals surface area contributed by atoms with Crippen LogP contribution in [0.5, 0.6) is 11.5 Å². The summed E-state index contributed by atoms with van der Waals surface area (Å²) < 4.78 is 98.7. The van der Waals surface area contributed by atoms with E-state index in [-0.39, 0.29) is 35.3 Å². The Morgan fingerprint density at radius 2 is 1.82 bits per heavy atom. The van der Waals surface area contributed by atoms with Gasteiger partial charge in [0.25, 0.3) is 5.91 Å². The first-order chi connectivity index (χ1) is 20.6. The fraction of sp³-hybridized carbons (Fsp3) is 0.367. The number of pyridine rings is 1. The average Bonchev–Trinajstić information content (AvgIpc) is 3.66. The Morgan fingerprint density at radius 3 is 2.43 bits per heavy atom. The fourth-order valence-electron chi connectivity index (χ4n) is 5.19. The Labute approximate surface area is 246 Å². The van der Waals surface area contributed by atoms with Gasteiger partial charge in [-0.1, -0.05) is 13.8 Å². The van der Waals surface area contributed by atoms with Crippen LogP contribution in [0.1, 0.15) is 54.3 Å². The largest absolute Gasteiger partial charge is 0.494 e. The summed E-state index contributed by atoms with van der Waals surface area (Å²) in [6.07, 6.45) is -1.76. The number of amides is 1. The van der Waals surface area contributed by atoms with Gasteiger partial charge in [-0.25, -0.2) is 18.2 Å². The zero-order valence-corrected chi connectivity index (χ0v) is 23.7. The molecule has 1 atom stereocenters. The van der Waals surface area contributed by atoms with Gasteiger partial charge in [0.05, 0.1) is 32.0 Å². The zero-order valence-electron chi connectivity index (χ0n) is 23.7. The van der Waals surface area contributed by atoms with E-state index in [9.17, 15) is 36.2 Å². The van der Waals surface area contributed by atoms with Crippen LogP contribution in [-0.4, -0.2) is 52.2 Å². The molecule has 44 heavy (non-hydrogen) atoms. The number of nitrogens with one attached hydrogen (secondary N) is 1. The highest BCUT2D eigenvalue weighted by atomic mass is 19.4. The molecule has 0 bridgehead atoms. The van der Waals surface area contributed by atoms with Crippen LogP contribution in [0.25, 0.3) is 22.2 Å². The van der Waals surface area contributed by atoms with E-state index >= 15 is 0 Å². The van der Waals surface area contributed by atoms with E-state index in [1.165, 1.54) is 19.2 Å². The molecule has 3 heterocycles. The number of aliphatic hydroxyl groups is 1. The number of halogens is 6. The first-order valence-corrected chi connectivity index (χ1v) is 13.6. The van der Waals surface area contributed by atoms with Gasteiger partial charge >= 0.3 is 6.18 Å². The van der Waals surface area contributed by atoms with Crippen molar-refractivity contribution in [2.45, 2.75) is 49.9 Å². The Balaban J connectivity index is 1.39. The van der Waals surface area contributed by atoms with Crippen LogP contribution in [0.15, 0.2) is 36.5 Å². The topological polar surface area (TPSA) is 98.5 Å². The van der Waals surface area contributed by atoms with E-state index in [0.29, 0.717) is 23.0 Å². The highest BCUT2D eigenvalue weighted by Crippen LogP contribution is 2.48. The molecule has 2 N–H and O–H groups in total. The fourth-order valence-corrected chi connectivity index (χ4v) is 5.19. The minimum absolute atomic E-state index is 0.0184. The number of alkyl halides is 3. The van der Waals surface area contributed by atoms with Crippen molar-refractivity contribution >= 4 is 16.8 Å². The van der Waals surface area contributed by atoms with Gasteiger partial charge < -0.3 is 19.9 Å². The number of nitrogens with zero attached hydrogens (tertiary/aromatic N) is 3. The third-order valence-corrected chi connectivity index (χ3v) is 7.93. The number of hydrogen-bond donors (Lipinski definition) is 2. The quantitative estimate of drug-likeness (QED) is 0.203. The number of fused-ring (bicyclic) bond motifs is 2. The summed E-state index contributed by atoms with van der Waals surface area (Å²) in [6.45, 7) is 1.92. The standard InChI is InChI=1S/C30H26F6N4O4/c1-28(2)13-44-26-18(28)10-22(38-25(26)14-7-19(31)23(33)20(32)8-14)29(42,30(34,35)36)12-37-27(41)15-6-16-11-40(17-4-5-17)39-24(16)21(9-15)43-3/h6-11,17,42H,4-5,12-13H2,1-3H3,(H,37,41). The summed E-state index contributed by atoms with van der Waals surface area (Å²) >= 11 is 0. The van der Waals surface area contributed by atoms with E-state index in [0.717, 1.165) is 18.9 Å². The lowest BCUT2D eigenvalue weighted by molar-refractivity contribution is -0.265. The molecule has 1 fully saturated rings. The molecule has 2 aromatic carbocycles. The van der Waals surface area contributed by atoms with Gasteiger partial charge in [0.2, 0.25) is 5.60 Å². The third-order valence-electron chi connectivity index (χ3n) is 7.93. The van der Waals surface area contributed by atoms with E-state index in [1.807, 2.05) is 0 Å². The van der Waals surface area contributed by atoms with Crippen molar-refractivity contribution < 1.29 is 45.7 Å². The van der Waals surface area contributed by atoms with Crippen molar-refractivity contribution in [1.29, 1.82) is 0 Å². The third kappa shape index (κ3) is 4.90. The summed E-state index contributed by atoms with van der Waals surface area (Å²) in [7, 11) is 1.37. The first kappa shape index (κ1) is 29.7. The van der Waals surface area contributed by atoms with Gasteiger partial charge in [0.15, 0.2) is 17.5 Å². The number of carbonyl (C=O) groups is 1. The van der Waals surface area contributed by atoms with E-state index in [4.69, 9.17) is 9.47 Å². The molecule has 4 aromatic rings. The van der Waals surface area contributed by atoms with Crippen LogP contribution in [-0.2, 0) is 11.0 Å². The lowest BCUT2D eigenvalue weighted by Crippen LogP contribution is -2.51. The zero-order chi connectivity index (χ0) is 31.8. The summed E-state index contributed by atoms with van der Waals surface area (Å²) in [6, 6.07) is 5.15. The number of carbonyl (C=O) groups excluding carboxylic acids is 1. The summed E-state index contributed by atoms with van der Waals surface area (Å²) in [4.78, 5) is 17.1. The SMILES string of the molecule is COc1cc(C(=O)NCC(O)(c2cc3c(c(-c4cc(F)c(F)c(F)c4)n2)OCC3(C)C)C(F)(F)F)cc2cn(C3CC3)nc12. The van der Waals surface area contributed by atoms with E-state index in [1.54, 1.807) is 24.7 Å². The number of hydrogen-bond acceptors (Lipinski definition) is 6. The molecule has 0 saturated heterocycles. The lowest BCUT2D eigenvalue weighted by Gasteiger charge is -2.31. The predicted octanol–water partition coefficient (Wildman–Crippen LogP) is 5.71. The Kier molecular flexibility index (Phi) is 6.83. The highest BCUT2D eigenvalue weighted by molar-refractivity contribution is 6.00. The number of benzene rings is 2. The summed E-state index contributed by atoms with van der Waals surface area (Å²) in [5.74, 6) is -5.72. The van der Waals surface area contributed by atoms with Crippen molar-refractivity contribution in [2.75, 3.05) is 20.3 Å². The average molecular weight is 621 g/mol. The molecular formula is C30H26F6N4O4. The van der Waals surface area contributed by atoms with Gasteiger partial charge in [-0.05, 0) is 43.2 Å². The van der Waals surface area contributed by atoms with E-state index < -0.39 is 64.0 Å². The molecule has 0 radical (unpaired) electrons. The maximum atomic E-state index is 14.6. The van der Waals surface area contributed by atoms with Crippen molar-refractivity contribution in [2.24, 2.45) is 0 Å². The molecule has 1 saturated carbocycles. The molecule has 2 aliphatic rings. The van der Waals surface area contributed by atoms with Gasteiger partial charge in [0.1, 0.15) is 22.7 Å². The van der Waals surface area contributed by atoms with Crippen LogP contribution >= 0.6 is 0 Å². The highest BCUT2D eigenvalue weighted by Gasteiger charge is 2.57. The number of aromatic nitrogens is 3. The maximum Gasteiger partial charge on any atom is 0.424 e. The van der Waals surface area contributed by atoms with Crippen LogP contribution in [0, 0.1) is 17.5 Å². The van der Waals surface area contributed by atoms with Crippen molar-refractivity contribution in [3.8, 4) is 22.8 Å². The van der Waals surface area contributed by atoms with Gasteiger partial charge in [-0.3, -0.25) is 9.48 Å². The van der Waals surface area contributed by atoms with Gasteiger partial charge in [-0.2, -0.15) is 18.3 Å². The minimum atomic E-state index is -5.38. The Hall–Kier alpha value is -4.33. The van der Waals surface area contributed by atoms with Crippen LogP contribution < -0.4 is 14.8 Å². The van der Waals surface area contributed by atoms with Crippen LogP contribution in [0.3, 0.4) is 0 Å². The maximum absolute atomic E-state index is 14.6. The number of rotatable bonds is 7. The second-order valence-corrected chi connectivity index (χ2v) is 11.7. The van der Waals surface area contributed by atoms with Crippen LogP contribution in [0.2, 0.25) is 0 Å². The summed E-state index contributed by atoms with van der Waals surface area (Å²) in [5, 5.41) is 18.4. The molecule has 2 aromatic heterocycles. The number of methoxy groups -OCH3 is 1. The molecule has 14 heteroatoms. The monoisotopic (exact) mass is 620 g/mol. The second kappa shape index (κ2) is 10.1. The molecular weight excluding hydrogens is 594 g/mol. The Morgan fingerprint density at radius 1 is 1.14 bits per heavy atom. The van der Waals surface area contributed by atoms with Crippen LogP contribution in [0.4, 0.5) is 26.3 Å². The van der Waals surface area contributed by atoms with E-state index in [2.05, 4.69) is 15.4 Å². The van der Waals surface area contributed by atoms with Gasteiger partial charge in [0, 0.05) is 33.7 Å². The normalized spacial score (nSPS) is 17.2.